The molecule has 170 valence electrons. The summed E-state index contributed by atoms with van der Waals surface area (Å²) in [5.41, 5.74) is 13.3. The lowest BCUT2D eigenvalue weighted by atomic mass is 9.85. The van der Waals surface area contributed by atoms with E-state index in [1.165, 1.54) is 76.5 Å². The van der Waals surface area contributed by atoms with Crippen LogP contribution in [0.1, 0.15) is 50.9 Å². The van der Waals surface area contributed by atoms with Gasteiger partial charge in [-0.1, -0.05) is 102 Å². The minimum atomic E-state index is 0.973. The molecule has 2 aliphatic carbocycles. The maximum absolute atomic E-state index is 2.39. The van der Waals surface area contributed by atoms with Crippen molar-refractivity contribution in [3.63, 3.8) is 0 Å². The van der Waals surface area contributed by atoms with Crippen LogP contribution in [0.3, 0.4) is 0 Å². The lowest BCUT2D eigenvalue weighted by Crippen LogP contribution is -2.17. The molecule has 0 heterocycles. The van der Waals surface area contributed by atoms with Gasteiger partial charge in [0.05, 0.1) is 0 Å². The van der Waals surface area contributed by atoms with E-state index in [2.05, 4.69) is 125 Å². The van der Waals surface area contributed by atoms with Crippen LogP contribution in [0, 0.1) is 38.1 Å². The normalized spacial score (nSPS) is 13.3. The Morgan fingerprint density at radius 1 is 0.686 bits per heavy atom. The summed E-state index contributed by atoms with van der Waals surface area (Å²) in [6.45, 7) is 8.85. The smallest absolute Gasteiger partial charge is 0.00272 e. The van der Waals surface area contributed by atoms with Crippen molar-refractivity contribution in [1.29, 1.82) is 0 Å². The maximum Gasteiger partial charge on any atom is -0.00272 e. The van der Waals surface area contributed by atoms with Crippen LogP contribution in [0.2, 0.25) is 0 Å². The van der Waals surface area contributed by atoms with Crippen molar-refractivity contribution < 1.29 is 0 Å². The zero-order valence-corrected chi connectivity index (χ0v) is 20.9. The fraction of sp³-hybridized carbons (Fsp3) is 0.143. The summed E-state index contributed by atoms with van der Waals surface area (Å²) in [5.74, 6) is 0. The van der Waals surface area contributed by atoms with E-state index in [-0.39, 0.29) is 0 Å². The third-order valence-electron chi connectivity index (χ3n) is 7.46. The summed E-state index contributed by atoms with van der Waals surface area (Å²) in [6, 6.07) is 27.2. The molecule has 4 aromatic carbocycles. The first kappa shape index (κ1) is 21.6. The molecule has 0 heteroatoms. The van der Waals surface area contributed by atoms with Crippen LogP contribution in [0.5, 0.6) is 0 Å². The molecule has 0 unspecified atom stereocenters. The van der Waals surface area contributed by atoms with Crippen LogP contribution in [-0.2, 0) is 0 Å². The van der Waals surface area contributed by atoms with Crippen LogP contribution in [-0.4, -0.2) is 0 Å². The van der Waals surface area contributed by atoms with Gasteiger partial charge in [0.2, 0.25) is 0 Å². The van der Waals surface area contributed by atoms with Gasteiger partial charge in [-0.25, -0.2) is 0 Å². The molecule has 0 fully saturated rings. The summed E-state index contributed by atoms with van der Waals surface area (Å²) in [4.78, 5) is 0. The van der Waals surface area contributed by atoms with E-state index in [0.29, 0.717) is 0 Å². The number of allylic oxidation sites excluding steroid dienone is 4. The van der Waals surface area contributed by atoms with Crippen molar-refractivity contribution in [2.24, 2.45) is 0 Å². The van der Waals surface area contributed by atoms with Crippen molar-refractivity contribution >= 4 is 17.2 Å². The predicted octanol–water partition coefficient (Wildman–Crippen LogP) is 6.94. The van der Waals surface area contributed by atoms with Gasteiger partial charge in [0, 0.05) is 0 Å². The van der Waals surface area contributed by atoms with E-state index in [0.717, 1.165) is 6.42 Å². The second-order valence-electron chi connectivity index (χ2n) is 10.0. The van der Waals surface area contributed by atoms with Crippen LogP contribution in [0.15, 0.2) is 91.0 Å². The largest absolute Gasteiger partial charge is 0.0801 e. The third kappa shape index (κ3) is 3.61. The molecule has 0 bridgehead atoms. The van der Waals surface area contributed by atoms with E-state index < -0.39 is 0 Å². The molecule has 0 aromatic heterocycles. The first-order valence-corrected chi connectivity index (χ1v) is 12.5. The fourth-order valence-corrected chi connectivity index (χ4v) is 5.84. The van der Waals surface area contributed by atoms with E-state index >= 15 is 0 Å². The molecule has 0 spiro atoms. The lowest BCUT2D eigenvalue weighted by molar-refractivity contribution is 1.30. The average molecular weight is 451 g/mol. The van der Waals surface area contributed by atoms with Crippen molar-refractivity contribution in [3.05, 3.63) is 156 Å². The van der Waals surface area contributed by atoms with Gasteiger partial charge in [-0.3, -0.25) is 0 Å². The summed E-state index contributed by atoms with van der Waals surface area (Å²) >= 11 is 0. The molecule has 0 aliphatic heterocycles. The molecule has 0 amide bonds. The van der Waals surface area contributed by atoms with E-state index in [9.17, 15) is 0 Å². The Labute approximate surface area is 207 Å². The van der Waals surface area contributed by atoms with Gasteiger partial charge < -0.3 is 0 Å². The Kier molecular flexibility index (Phi) is 5.19. The van der Waals surface area contributed by atoms with Gasteiger partial charge in [0.25, 0.3) is 0 Å². The standard InChI is InChI=1S/C35H30/c1-22-13-15-28(24(3)19-22)35(29-16-14-23(2)20-25(29)4)32-18-17-31-30-12-8-7-11-27(30)21-33(31)34(32)26-9-5-6-10-26/h5-9,11-21H,10H2,1-4H3. The monoisotopic (exact) mass is 450 g/mol. The molecular formula is C35H30. The molecule has 0 saturated heterocycles. The topological polar surface area (TPSA) is 0 Å². The minimum Gasteiger partial charge on any atom is -0.0801 e. The van der Waals surface area contributed by atoms with Gasteiger partial charge in [-0.05, 0) is 106 Å². The van der Waals surface area contributed by atoms with Crippen LogP contribution in [0.4, 0.5) is 0 Å². The van der Waals surface area contributed by atoms with Crippen LogP contribution < -0.4 is 10.4 Å². The average Bonchev–Trinajstić information content (AvgIpc) is 3.49. The summed E-state index contributed by atoms with van der Waals surface area (Å²) in [6.07, 6.45) is 10.1. The molecule has 0 saturated carbocycles. The van der Waals surface area contributed by atoms with Crippen LogP contribution in [0.25, 0.3) is 17.2 Å². The maximum atomic E-state index is 2.39. The molecule has 0 atom stereocenters. The van der Waals surface area contributed by atoms with Gasteiger partial charge >= 0.3 is 0 Å². The molecule has 0 N–H and O–H groups in total. The number of hydrogen-bond donors (Lipinski definition) is 0. The Morgan fingerprint density at radius 3 is 2.00 bits per heavy atom. The Morgan fingerprint density at radius 2 is 1.37 bits per heavy atom. The van der Waals surface area contributed by atoms with E-state index in [1.54, 1.807) is 0 Å². The molecule has 0 nitrogen and oxygen atoms in total. The number of aryl methyl sites for hydroxylation is 4. The Balaban J connectivity index is 1.83. The highest BCUT2D eigenvalue weighted by molar-refractivity contribution is 5.88. The molecule has 4 aromatic rings. The zero-order valence-electron chi connectivity index (χ0n) is 20.9. The quantitative estimate of drug-likeness (QED) is 0.279. The highest BCUT2D eigenvalue weighted by atomic mass is 14.2. The van der Waals surface area contributed by atoms with Crippen molar-refractivity contribution in [3.8, 4) is 0 Å². The van der Waals surface area contributed by atoms with Crippen LogP contribution >= 0.6 is 0 Å². The number of rotatable bonds is 3. The SMILES string of the molecule is Cc1ccc(C(c2ccc(C)cc2C)=c2ccc3c(c2C2=CC=CC2)C=c2ccccc2=3)c(C)c1. The molecule has 35 heavy (non-hydrogen) atoms. The summed E-state index contributed by atoms with van der Waals surface area (Å²) < 4.78 is 0. The van der Waals surface area contributed by atoms with E-state index in [4.69, 9.17) is 0 Å². The summed E-state index contributed by atoms with van der Waals surface area (Å²) in [5, 5.41) is 5.31. The second-order valence-corrected chi connectivity index (χ2v) is 10.0. The molecule has 6 rings (SSSR count). The Bertz CT molecular complexity index is 1740. The van der Waals surface area contributed by atoms with Crippen molar-refractivity contribution in [2.75, 3.05) is 0 Å². The Hall–Kier alpha value is -3.90. The van der Waals surface area contributed by atoms with Gasteiger partial charge in [-0.2, -0.15) is 0 Å². The molecular weight excluding hydrogens is 420 g/mol. The number of hydrogen-bond acceptors (Lipinski definition) is 0. The number of fused-ring (bicyclic) bond motifs is 2. The molecule has 2 aliphatic rings. The lowest BCUT2D eigenvalue weighted by Gasteiger charge is -2.19. The predicted molar refractivity (Wildman–Crippen MR) is 149 cm³/mol. The second kappa shape index (κ2) is 8.40. The van der Waals surface area contributed by atoms with Crippen molar-refractivity contribution in [1.82, 2.24) is 0 Å². The zero-order chi connectivity index (χ0) is 24.1. The van der Waals surface area contributed by atoms with Gasteiger partial charge in [0.1, 0.15) is 0 Å². The highest BCUT2D eigenvalue weighted by Gasteiger charge is 2.19. The van der Waals surface area contributed by atoms with Gasteiger partial charge in [0.15, 0.2) is 0 Å². The number of benzene rings is 4. The first-order chi connectivity index (χ1) is 17.0. The first-order valence-electron chi connectivity index (χ1n) is 12.5. The van der Waals surface area contributed by atoms with Crippen molar-refractivity contribution in [2.45, 2.75) is 34.1 Å². The minimum absolute atomic E-state index is 0.973. The van der Waals surface area contributed by atoms with Gasteiger partial charge in [-0.15, -0.1) is 0 Å². The third-order valence-corrected chi connectivity index (χ3v) is 7.46. The summed E-state index contributed by atoms with van der Waals surface area (Å²) in [7, 11) is 0. The highest BCUT2D eigenvalue weighted by Crippen LogP contribution is 2.32. The fourth-order valence-electron chi connectivity index (χ4n) is 5.84. The molecule has 0 radical (unpaired) electrons. The van der Waals surface area contributed by atoms with E-state index in [1.807, 2.05) is 0 Å².